The molecule has 6 heteroatoms. The first-order valence-electron chi connectivity index (χ1n) is 7.42. The number of amides is 1. The zero-order valence-electron chi connectivity index (χ0n) is 13.0. The quantitative estimate of drug-likeness (QED) is 0.847. The van der Waals surface area contributed by atoms with Gasteiger partial charge in [-0.2, -0.15) is 0 Å². The van der Waals surface area contributed by atoms with Crippen LogP contribution in [-0.4, -0.2) is 34.5 Å². The Morgan fingerprint density at radius 3 is 2.64 bits per heavy atom. The van der Waals surface area contributed by atoms with Crippen LogP contribution >= 0.6 is 0 Å². The van der Waals surface area contributed by atoms with Gasteiger partial charge >= 0.3 is 0 Å². The highest BCUT2D eigenvalue weighted by atomic mass is 16.1. The number of hydrogen-bond donors (Lipinski definition) is 1. The van der Waals surface area contributed by atoms with Gasteiger partial charge in [0.15, 0.2) is 0 Å². The second-order valence-corrected chi connectivity index (χ2v) is 5.05. The largest absolute Gasteiger partial charge is 0.346 e. The number of aromatic nitrogens is 3. The standard InChI is InChI=1S/C16H21N5O/c1-3-4-9-21(2)16-19-10-13(11-20-16)15(22)18-12-14-7-5-6-8-17-14/h5-8,10-11H,3-4,9,12H2,1-2H3,(H,18,22). The van der Waals surface area contributed by atoms with Gasteiger partial charge in [0.05, 0.1) is 17.8 Å². The van der Waals surface area contributed by atoms with Crippen molar-refractivity contribution < 1.29 is 4.79 Å². The van der Waals surface area contributed by atoms with Gasteiger partial charge in [-0.25, -0.2) is 9.97 Å². The minimum atomic E-state index is -0.201. The van der Waals surface area contributed by atoms with Gasteiger partial charge in [0.1, 0.15) is 0 Å². The topological polar surface area (TPSA) is 71.0 Å². The summed E-state index contributed by atoms with van der Waals surface area (Å²) in [5.74, 6) is 0.433. The normalized spacial score (nSPS) is 10.3. The highest BCUT2D eigenvalue weighted by molar-refractivity contribution is 5.93. The number of carbonyl (C=O) groups is 1. The van der Waals surface area contributed by atoms with E-state index in [0.717, 1.165) is 25.1 Å². The molecule has 0 saturated carbocycles. The zero-order chi connectivity index (χ0) is 15.8. The molecule has 116 valence electrons. The van der Waals surface area contributed by atoms with Crippen LogP contribution in [0.25, 0.3) is 0 Å². The summed E-state index contributed by atoms with van der Waals surface area (Å²) in [7, 11) is 1.95. The molecule has 1 N–H and O–H groups in total. The molecule has 2 rings (SSSR count). The van der Waals surface area contributed by atoms with Gasteiger partial charge in [0.2, 0.25) is 5.95 Å². The van der Waals surface area contributed by atoms with Crippen molar-refractivity contribution in [2.45, 2.75) is 26.3 Å². The van der Waals surface area contributed by atoms with E-state index in [1.165, 1.54) is 0 Å². The summed E-state index contributed by atoms with van der Waals surface area (Å²) in [5, 5.41) is 2.80. The molecule has 0 radical (unpaired) electrons. The lowest BCUT2D eigenvalue weighted by Gasteiger charge is -2.16. The first-order valence-corrected chi connectivity index (χ1v) is 7.42. The minimum absolute atomic E-state index is 0.201. The molecule has 0 aliphatic rings. The monoisotopic (exact) mass is 299 g/mol. The Morgan fingerprint density at radius 2 is 2.00 bits per heavy atom. The molecule has 0 aliphatic heterocycles. The fraction of sp³-hybridized carbons (Fsp3) is 0.375. The number of rotatable bonds is 7. The maximum Gasteiger partial charge on any atom is 0.254 e. The molecular formula is C16H21N5O. The van der Waals surface area contributed by atoms with Crippen LogP contribution in [0.2, 0.25) is 0 Å². The van der Waals surface area contributed by atoms with Crippen LogP contribution in [0.1, 0.15) is 35.8 Å². The maximum atomic E-state index is 12.0. The second kappa shape index (κ2) is 8.07. The van der Waals surface area contributed by atoms with Gasteiger partial charge in [-0.1, -0.05) is 19.4 Å². The summed E-state index contributed by atoms with van der Waals surface area (Å²) in [5.41, 5.74) is 1.26. The molecule has 0 bridgehead atoms. The molecule has 2 aromatic rings. The molecule has 6 nitrogen and oxygen atoms in total. The Morgan fingerprint density at radius 1 is 1.23 bits per heavy atom. The van der Waals surface area contributed by atoms with Gasteiger partial charge in [0, 0.05) is 32.2 Å². The van der Waals surface area contributed by atoms with Crippen molar-refractivity contribution in [2.24, 2.45) is 0 Å². The van der Waals surface area contributed by atoms with Gasteiger partial charge in [-0.15, -0.1) is 0 Å². The first-order chi connectivity index (χ1) is 10.7. The fourth-order valence-corrected chi connectivity index (χ4v) is 1.91. The number of carbonyl (C=O) groups excluding carboxylic acids is 1. The van der Waals surface area contributed by atoms with Crippen LogP contribution in [-0.2, 0) is 6.54 Å². The lowest BCUT2D eigenvalue weighted by Crippen LogP contribution is -2.25. The van der Waals surface area contributed by atoms with Gasteiger partial charge < -0.3 is 10.2 Å². The molecule has 0 unspecified atom stereocenters. The average molecular weight is 299 g/mol. The first kappa shape index (κ1) is 15.9. The molecule has 1 amide bonds. The lowest BCUT2D eigenvalue weighted by molar-refractivity contribution is 0.0949. The average Bonchev–Trinajstić information content (AvgIpc) is 2.58. The third-order valence-corrected chi connectivity index (χ3v) is 3.25. The molecule has 0 aliphatic carbocycles. The van der Waals surface area contributed by atoms with Crippen LogP contribution in [0.5, 0.6) is 0 Å². The van der Waals surface area contributed by atoms with Crippen LogP contribution in [0, 0.1) is 0 Å². The van der Waals surface area contributed by atoms with E-state index in [0.29, 0.717) is 18.1 Å². The number of pyridine rings is 1. The van der Waals surface area contributed by atoms with E-state index in [4.69, 9.17) is 0 Å². The van der Waals surface area contributed by atoms with Crippen molar-refractivity contribution in [1.29, 1.82) is 0 Å². The predicted molar refractivity (Wildman–Crippen MR) is 85.6 cm³/mol. The minimum Gasteiger partial charge on any atom is -0.346 e. The Labute approximate surface area is 130 Å². The van der Waals surface area contributed by atoms with Crippen molar-refractivity contribution in [3.63, 3.8) is 0 Å². The van der Waals surface area contributed by atoms with E-state index in [2.05, 4.69) is 27.2 Å². The predicted octanol–water partition coefficient (Wildman–Crippen LogP) is 2.04. The highest BCUT2D eigenvalue weighted by Crippen LogP contribution is 2.06. The molecular weight excluding hydrogens is 278 g/mol. The Hall–Kier alpha value is -2.50. The Balaban J connectivity index is 1.90. The summed E-state index contributed by atoms with van der Waals surface area (Å²) in [6.45, 7) is 3.43. The van der Waals surface area contributed by atoms with Crippen molar-refractivity contribution in [2.75, 3.05) is 18.5 Å². The van der Waals surface area contributed by atoms with Crippen LogP contribution in [0.15, 0.2) is 36.8 Å². The van der Waals surface area contributed by atoms with E-state index < -0.39 is 0 Å². The second-order valence-electron chi connectivity index (χ2n) is 5.05. The van der Waals surface area contributed by atoms with Crippen LogP contribution < -0.4 is 10.2 Å². The number of nitrogens with zero attached hydrogens (tertiary/aromatic N) is 4. The fourth-order valence-electron chi connectivity index (χ4n) is 1.91. The van der Waals surface area contributed by atoms with E-state index >= 15 is 0 Å². The van der Waals surface area contributed by atoms with Crippen molar-refractivity contribution in [3.05, 3.63) is 48.0 Å². The Bertz CT molecular complexity index is 585. The van der Waals surface area contributed by atoms with E-state index in [-0.39, 0.29) is 5.91 Å². The van der Waals surface area contributed by atoms with E-state index in [1.54, 1.807) is 18.6 Å². The Kier molecular flexibility index (Phi) is 5.82. The molecule has 22 heavy (non-hydrogen) atoms. The number of anilines is 1. The number of hydrogen-bond acceptors (Lipinski definition) is 5. The van der Waals surface area contributed by atoms with Gasteiger partial charge in [0.25, 0.3) is 5.91 Å². The van der Waals surface area contributed by atoms with Crippen LogP contribution in [0.4, 0.5) is 5.95 Å². The van der Waals surface area contributed by atoms with Crippen LogP contribution in [0.3, 0.4) is 0 Å². The van der Waals surface area contributed by atoms with Crippen molar-refractivity contribution >= 4 is 11.9 Å². The molecule has 0 fully saturated rings. The molecule has 2 aromatic heterocycles. The summed E-state index contributed by atoms with van der Waals surface area (Å²) >= 11 is 0. The van der Waals surface area contributed by atoms with Gasteiger partial charge in [-0.05, 0) is 18.6 Å². The smallest absolute Gasteiger partial charge is 0.254 e. The number of unbranched alkanes of at least 4 members (excludes halogenated alkanes) is 1. The van der Waals surface area contributed by atoms with Gasteiger partial charge in [-0.3, -0.25) is 9.78 Å². The molecule has 0 spiro atoms. The summed E-state index contributed by atoms with van der Waals surface area (Å²) in [4.78, 5) is 26.7. The molecule has 0 atom stereocenters. The number of nitrogens with one attached hydrogen (secondary N) is 1. The summed E-state index contributed by atoms with van der Waals surface area (Å²) in [6, 6.07) is 5.59. The third-order valence-electron chi connectivity index (χ3n) is 3.25. The molecule has 2 heterocycles. The maximum absolute atomic E-state index is 12.0. The summed E-state index contributed by atoms with van der Waals surface area (Å²) < 4.78 is 0. The SMILES string of the molecule is CCCCN(C)c1ncc(C(=O)NCc2ccccn2)cn1. The molecule has 0 aromatic carbocycles. The third kappa shape index (κ3) is 4.51. The van der Waals surface area contributed by atoms with Crippen molar-refractivity contribution in [3.8, 4) is 0 Å². The zero-order valence-corrected chi connectivity index (χ0v) is 13.0. The molecule has 0 saturated heterocycles. The highest BCUT2D eigenvalue weighted by Gasteiger charge is 2.09. The van der Waals surface area contributed by atoms with E-state index in [1.807, 2.05) is 30.1 Å². The van der Waals surface area contributed by atoms with E-state index in [9.17, 15) is 4.79 Å². The van der Waals surface area contributed by atoms with Crippen molar-refractivity contribution in [1.82, 2.24) is 20.3 Å². The summed E-state index contributed by atoms with van der Waals surface area (Å²) in [6.07, 6.45) is 7.02. The lowest BCUT2D eigenvalue weighted by atomic mass is 10.3.